The van der Waals surface area contributed by atoms with Crippen molar-refractivity contribution in [2.75, 3.05) is 6.54 Å². The van der Waals surface area contributed by atoms with Crippen LogP contribution >= 0.6 is 12.4 Å². The van der Waals surface area contributed by atoms with Gasteiger partial charge in [0.05, 0.1) is 5.71 Å². The van der Waals surface area contributed by atoms with E-state index < -0.39 is 0 Å². The first kappa shape index (κ1) is 12.9. The zero-order valence-corrected chi connectivity index (χ0v) is 8.57. The Kier molecular flexibility index (Phi) is 6.70. The Morgan fingerprint density at radius 3 is 2.57 bits per heavy atom. The molecule has 0 fully saturated rings. The van der Waals surface area contributed by atoms with Crippen LogP contribution in [-0.2, 0) is 0 Å². The van der Waals surface area contributed by atoms with Gasteiger partial charge in [-0.15, -0.1) is 12.4 Å². The molecule has 1 rings (SSSR count). The number of halogens is 1. The molecule has 0 saturated heterocycles. The lowest BCUT2D eigenvalue weighted by Crippen LogP contribution is -2.06. The molecule has 0 aliphatic carbocycles. The summed E-state index contributed by atoms with van der Waals surface area (Å²) in [6, 6.07) is 3.62. The molecule has 78 valence electrons. The SMILES string of the molecule is Cl.NCCCC(=NO)c1ccncc1. The minimum Gasteiger partial charge on any atom is -0.411 e. The van der Waals surface area contributed by atoms with E-state index in [-0.39, 0.29) is 12.4 Å². The number of pyridine rings is 1. The van der Waals surface area contributed by atoms with Gasteiger partial charge in [-0.1, -0.05) is 5.16 Å². The minimum absolute atomic E-state index is 0. The van der Waals surface area contributed by atoms with E-state index in [0.29, 0.717) is 18.7 Å². The molecule has 3 N–H and O–H groups in total. The van der Waals surface area contributed by atoms with Crippen LogP contribution in [0.3, 0.4) is 0 Å². The van der Waals surface area contributed by atoms with Crippen molar-refractivity contribution < 1.29 is 5.21 Å². The third-order valence-electron chi connectivity index (χ3n) is 1.75. The summed E-state index contributed by atoms with van der Waals surface area (Å²) in [5.74, 6) is 0. The van der Waals surface area contributed by atoms with E-state index in [1.54, 1.807) is 12.4 Å². The van der Waals surface area contributed by atoms with Gasteiger partial charge in [0.2, 0.25) is 0 Å². The molecule has 0 aliphatic heterocycles. The molecule has 5 heteroatoms. The summed E-state index contributed by atoms with van der Waals surface area (Å²) in [6.07, 6.45) is 4.85. The molecule has 0 unspecified atom stereocenters. The predicted octanol–water partition coefficient (Wildman–Crippen LogP) is 1.42. The fraction of sp³-hybridized carbons (Fsp3) is 0.333. The van der Waals surface area contributed by atoms with Crippen molar-refractivity contribution in [3.63, 3.8) is 0 Å². The van der Waals surface area contributed by atoms with Gasteiger partial charge in [-0.25, -0.2) is 0 Å². The highest BCUT2D eigenvalue weighted by atomic mass is 35.5. The molecule has 0 radical (unpaired) electrons. The van der Waals surface area contributed by atoms with E-state index in [2.05, 4.69) is 10.1 Å². The van der Waals surface area contributed by atoms with Crippen molar-refractivity contribution in [3.8, 4) is 0 Å². The molecule has 0 bridgehead atoms. The Hall–Kier alpha value is -1.13. The van der Waals surface area contributed by atoms with E-state index >= 15 is 0 Å². The first-order valence-electron chi connectivity index (χ1n) is 4.20. The summed E-state index contributed by atoms with van der Waals surface area (Å²) in [7, 11) is 0. The smallest absolute Gasteiger partial charge is 0.0869 e. The maximum Gasteiger partial charge on any atom is 0.0869 e. The number of aromatic nitrogens is 1. The topological polar surface area (TPSA) is 71.5 Å². The molecule has 0 saturated carbocycles. The van der Waals surface area contributed by atoms with Gasteiger partial charge in [0.25, 0.3) is 0 Å². The van der Waals surface area contributed by atoms with Gasteiger partial charge in [-0.3, -0.25) is 4.98 Å². The van der Waals surface area contributed by atoms with Crippen LogP contribution < -0.4 is 5.73 Å². The molecule has 1 heterocycles. The molecule has 0 aromatic carbocycles. The van der Waals surface area contributed by atoms with Crippen LogP contribution in [0.2, 0.25) is 0 Å². The van der Waals surface area contributed by atoms with Crippen LogP contribution in [0.1, 0.15) is 18.4 Å². The molecular formula is C9H14ClN3O. The van der Waals surface area contributed by atoms with Crippen molar-refractivity contribution in [1.29, 1.82) is 0 Å². The second kappa shape index (κ2) is 7.29. The standard InChI is InChI=1S/C9H13N3O.ClH/c10-5-1-2-9(12-13)8-3-6-11-7-4-8;/h3-4,6-7,13H,1-2,5,10H2;1H. The summed E-state index contributed by atoms with van der Waals surface area (Å²) in [5.41, 5.74) is 6.92. The van der Waals surface area contributed by atoms with Gasteiger partial charge in [-0.05, 0) is 31.5 Å². The van der Waals surface area contributed by atoms with E-state index in [9.17, 15) is 0 Å². The fourth-order valence-electron chi connectivity index (χ4n) is 1.07. The summed E-state index contributed by atoms with van der Waals surface area (Å²) in [6.45, 7) is 0.601. The molecule has 14 heavy (non-hydrogen) atoms. The molecule has 4 nitrogen and oxygen atoms in total. The zero-order chi connectivity index (χ0) is 9.52. The molecule has 0 amide bonds. The number of nitrogens with two attached hydrogens (primary N) is 1. The Morgan fingerprint density at radius 2 is 2.07 bits per heavy atom. The van der Waals surface area contributed by atoms with Crippen LogP contribution in [0, 0.1) is 0 Å². The van der Waals surface area contributed by atoms with Crippen LogP contribution in [0.5, 0.6) is 0 Å². The van der Waals surface area contributed by atoms with E-state index in [4.69, 9.17) is 10.9 Å². The summed E-state index contributed by atoms with van der Waals surface area (Å²) in [5, 5.41) is 12.0. The van der Waals surface area contributed by atoms with Gasteiger partial charge in [0.1, 0.15) is 0 Å². The van der Waals surface area contributed by atoms with Gasteiger partial charge >= 0.3 is 0 Å². The minimum atomic E-state index is 0. The third-order valence-corrected chi connectivity index (χ3v) is 1.75. The van der Waals surface area contributed by atoms with Crippen LogP contribution in [-0.4, -0.2) is 22.4 Å². The molecule has 0 atom stereocenters. The molecule has 0 spiro atoms. The molecule has 1 aromatic heterocycles. The fourth-order valence-corrected chi connectivity index (χ4v) is 1.07. The summed E-state index contributed by atoms with van der Waals surface area (Å²) >= 11 is 0. The highest BCUT2D eigenvalue weighted by molar-refractivity contribution is 5.99. The molecule has 0 aliphatic rings. The van der Waals surface area contributed by atoms with Crippen molar-refractivity contribution in [1.82, 2.24) is 4.98 Å². The van der Waals surface area contributed by atoms with E-state index in [1.807, 2.05) is 12.1 Å². The average molecular weight is 216 g/mol. The number of rotatable bonds is 4. The van der Waals surface area contributed by atoms with Gasteiger partial charge in [0.15, 0.2) is 0 Å². The number of oxime groups is 1. The summed E-state index contributed by atoms with van der Waals surface area (Å²) in [4.78, 5) is 3.88. The quantitative estimate of drug-likeness (QED) is 0.453. The Morgan fingerprint density at radius 1 is 1.43 bits per heavy atom. The van der Waals surface area contributed by atoms with Crippen molar-refractivity contribution in [2.24, 2.45) is 10.9 Å². The first-order valence-corrected chi connectivity index (χ1v) is 4.20. The summed E-state index contributed by atoms with van der Waals surface area (Å²) < 4.78 is 0. The Labute approximate surface area is 89.2 Å². The second-order valence-electron chi connectivity index (χ2n) is 2.67. The van der Waals surface area contributed by atoms with Crippen LogP contribution in [0.15, 0.2) is 29.7 Å². The lowest BCUT2D eigenvalue weighted by molar-refractivity contribution is 0.318. The van der Waals surface area contributed by atoms with Gasteiger partial charge in [0, 0.05) is 18.0 Å². The van der Waals surface area contributed by atoms with Crippen molar-refractivity contribution in [3.05, 3.63) is 30.1 Å². The second-order valence-corrected chi connectivity index (χ2v) is 2.67. The number of hydrogen-bond donors (Lipinski definition) is 2. The van der Waals surface area contributed by atoms with Crippen LogP contribution in [0.25, 0.3) is 0 Å². The van der Waals surface area contributed by atoms with Crippen LogP contribution in [0.4, 0.5) is 0 Å². The lowest BCUT2D eigenvalue weighted by atomic mass is 10.1. The lowest BCUT2D eigenvalue weighted by Gasteiger charge is -2.02. The molecule has 1 aromatic rings. The highest BCUT2D eigenvalue weighted by Crippen LogP contribution is 2.04. The number of nitrogens with zero attached hydrogens (tertiary/aromatic N) is 2. The highest BCUT2D eigenvalue weighted by Gasteiger charge is 2.02. The maximum absolute atomic E-state index is 8.73. The monoisotopic (exact) mass is 215 g/mol. The number of hydrogen-bond acceptors (Lipinski definition) is 4. The zero-order valence-electron chi connectivity index (χ0n) is 7.76. The van der Waals surface area contributed by atoms with E-state index in [1.165, 1.54) is 0 Å². The first-order chi connectivity index (χ1) is 6.38. The van der Waals surface area contributed by atoms with Crippen molar-refractivity contribution >= 4 is 18.1 Å². The Balaban J connectivity index is 0.00000169. The Bertz CT molecular complexity index is 277. The van der Waals surface area contributed by atoms with Crippen molar-refractivity contribution in [2.45, 2.75) is 12.8 Å². The average Bonchev–Trinajstić information content (AvgIpc) is 2.21. The predicted molar refractivity (Wildman–Crippen MR) is 58.1 cm³/mol. The van der Waals surface area contributed by atoms with E-state index in [0.717, 1.165) is 12.0 Å². The molecular weight excluding hydrogens is 202 g/mol. The maximum atomic E-state index is 8.73. The van der Waals surface area contributed by atoms with Gasteiger partial charge in [-0.2, -0.15) is 0 Å². The van der Waals surface area contributed by atoms with Gasteiger partial charge < -0.3 is 10.9 Å². The third kappa shape index (κ3) is 3.72. The largest absolute Gasteiger partial charge is 0.411 e. The normalized spacial score (nSPS) is 10.8.